The zero-order valence-corrected chi connectivity index (χ0v) is 19.0. The van der Waals surface area contributed by atoms with E-state index in [1.165, 1.54) is 4.90 Å². The average molecular weight is 467 g/mol. The van der Waals surface area contributed by atoms with Crippen molar-refractivity contribution >= 4 is 23.5 Å². The molecule has 6 atom stereocenters. The second-order valence-corrected chi connectivity index (χ2v) is 11.1. The molecule has 180 valence electrons. The zero-order valence-electron chi connectivity index (χ0n) is 19.0. The van der Waals surface area contributed by atoms with E-state index in [1.807, 2.05) is 12.3 Å². The maximum Gasteiger partial charge on any atom is 0.315 e. The van der Waals surface area contributed by atoms with Crippen molar-refractivity contribution in [3.8, 4) is 11.3 Å². The lowest BCUT2D eigenvalue weighted by atomic mass is 9.52. The van der Waals surface area contributed by atoms with Crippen molar-refractivity contribution in [3.63, 3.8) is 0 Å². The van der Waals surface area contributed by atoms with Gasteiger partial charge in [-0.25, -0.2) is 0 Å². The number of likely N-dealkylation sites (tertiary alicyclic amines) is 1. The second-order valence-electron chi connectivity index (χ2n) is 11.1. The Kier molecular flexibility index (Phi) is 4.27. The molecule has 2 aromatic heterocycles. The minimum atomic E-state index is -0.721. The first-order chi connectivity index (χ1) is 16.4. The molecule has 5 N–H and O–H groups in total. The molecule has 4 bridgehead atoms. The van der Waals surface area contributed by atoms with Crippen molar-refractivity contribution in [1.82, 2.24) is 19.7 Å². The Bertz CT molecular complexity index is 1170. The van der Waals surface area contributed by atoms with Crippen LogP contribution in [0.1, 0.15) is 50.1 Å². The van der Waals surface area contributed by atoms with Crippen LogP contribution in [0.15, 0.2) is 12.3 Å². The Morgan fingerprint density at radius 1 is 1.21 bits per heavy atom. The van der Waals surface area contributed by atoms with Crippen LogP contribution in [0.25, 0.3) is 11.3 Å². The lowest BCUT2D eigenvalue weighted by molar-refractivity contribution is -0.148. The van der Waals surface area contributed by atoms with Gasteiger partial charge in [-0.15, -0.1) is 0 Å². The van der Waals surface area contributed by atoms with E-state index in [-0.39, 0.29) is 12.6 Å². The molecule has 4 unspecified atom stereocenters. The molecule has 0 aromatic carbocycles. The molecule has 1 saturated heterocycles. The third kappa shape index (κ3) is 2.97. The molecule has 4 aliphatic carbocycles. The average Bonchev–Trinajstić information content (AvgIpc) is 3.50. The molecule has 0 spiro atoms. The van der Waals surface area contributed by atoms with Crippen molar-refractivity contribution in [3.05, 3.63) is 17.8 Å². The van der Waals surface area contributed by atoms with Crippen LogP contribution in [-0.4, -0.2) is 66.5 Å². The van der Waals surface area contributed by atoms with E-state index in [2.05, 4.69) is 20.3 Å². The van der Waals surface area contributed by atoms with Gasteiger partial charge in [0.15, 0.2) is 5.82 Å². The summed E-state index contributed by atoms with van der Waals surface area (Å²) >= 11 is 0. The molecular weight excluding hydrogens is 436 g/mol. The minimum Gasteiger partial charge on any atom is -0.391 e. The fraction of sp³-hybridized carbons (Fsp3) is 0.625. The summed E-state index contributed by atoms with van der Waals surface area (Å²) in [6.07, 6.45) is 6.54. The van der Waals surface area contributed by atoms with Crippen LogP contribution < -0.4 is 10.6 Å². The number of β-amino-alcohol motifs (C(OH)–C–C–N with tert-alkyl or cyclic N) is 1. The molecule has 2 amide bonds. The van der Waals surface area contributed by atoms with Gasteiger partial charge in [-0.3, -0.25) is 14.3 Å². The Morgan fingerprint density at radius 3 is 2.71 bits per heavy atom. The predicted octanol–water partition coefficient (Wildman–Crippen LogP) is 1.45. The lowest BCUT2D eigenvalue weighted by Crippen LogP contribution is -2.55. The van der Waals surface area contributed by atoms with Crippen molar-refractivity contribution < 1.29 is 19.8 Å². The van der Waals surface area contributed by atoms with E-state index in [4.69, 9.17) is 5.10 Å². The van der Waals surface area contributed by atoms with E-state index < -0.39 is 23.5 Å². The van der Waals surface area contributed by atoms with E-state index in [9.17, 15) is 19.8 Å². The standard InChI is InChI=1S/C24H30N6O4/c31-15-2-4-29(11-15)23(33)22(32)27-21-17-10-26-20-16(1-3-25-20)19(17)30(28-21)18-13-5-12-6-14(18)9-24(34,7-12)8-13/h1,3,12-15,18,25-26,31,34H,2,4-11H2,(H,27,28,32)/t12?,13-,14+,15?,18?,24?. The number of fused-ring (bicyclic) bond motifs is 3. The van der Waals surface area contributed by atoms with E-state index >= 15 is 0 Å². The first-order valence-corrected chi connectivity index (χ1v) is 12.4. The Labute approximate surface area is 196 Å². The number of nitrogens with one attached hydrogen (secondary N) is 3. The van der Waals surface area contributed by atoms with Crippen molar-refractivity contribution in [1.29, 1.82) is 0 Å². The molecule has 2 aromatic rings. The molecule has 5 fully saturated rings. The normalized spacial score (nSPS) is 35.1. The maximum absolute atomic E-state index is 12.9. The number of hydrogen-bond donors (Lipinski definition) is 5. The number of amides is 2. The number of aliphatic hydroxyl groups is 2. The summed E-state index contributed by atoms with van der Waals surface area (Å²) in [5.41, 5.74) is 2.34. The van der Waals surface area contributed by atoms with Gasteiger partial charge < -0.3 is 30.7 Å². The molecule has 4 saturated carbocycles. The van der Waals surface area contributed by atoms with Crippen LogP contribution in [0.3, 0.4) is 0 Å². The van der Waals surface area contributed by atoms with Gasteiger partial charge in [-0.2, -0.15) is 5.10 Å². The Morgan fingerprint density at radius 2 is 2.00 bits per heavy atom. The van der Waals surface area contributed by atoms with E-state index in [0.717, 1.165) is 54.7 Å². The first-order valence-electron chi connectivity index (χ1n) is 12.4. The zero-order chi connectivity index (χ0) is 23.2. The van der Waals surface area contributed by atoms with Crippen LogP contribution in [0.2, 0.25) is 0 Å². The third-order valence-electron chi connectivity index (χ3n) is 8.80. The number of hydrogen-bond acceptors (Lipinski definition) is 6. The Balaban J connectivity index is 1.26. The van der Waals surface area contributed by atoms with Crippen LogP contribution in [0, 0.1) is 17.8 Å². The molecule has 34 heavy (non-hydrogen) atoms. The van der Waals surface area contributed by atoms with Crippen LogP contribution in [0.5, 0.6) is 0 Å². The molecule has 8 rings (SSSR count). The Hall–Kier alpha value is -2.85. The topological polar surface area (TPSA) is 136 Å². The van der Waals surface area contributed by atoms with Gasteiger partial charge in [0.2, 0.25) is 0 Å². The highest BCUT2D eigenvalue weighted by Crippen LogP contribution is 2.60. The number of aliphatic hydroxyl groups excluding tert-OH is 1. The van der Waals surface area contributed by atoms with Crippen molar-refractivity contribution in [2.45, 2.75) is 62.8 Å². The molecule has 10 heteroatoms. The number of H-pyrrole nitrogens is 1. The molecule has 2 aliphatic heterocycles. The summed E-state index contributed by atoms with van der Waals surface area (Å²) in [6, 6.07) is 2.19. The highest BCUT2D eigenvalue weighted by atomic mass is 16.3. The maximum atomic E-state index is 12.9. The highest BCUT2D eigenvalue weighted by molar-refractivity contribution is 6.39. The van der Waals surface area contributed by atoms with Gasteiger partial charge in [0.05, 0.1) is 23.4 Å². The molecule has 6 aliphatic rings. The van der Waals surface area contributed by atoms with Gasteiger partial charge >= 0.3 is 11.8 Å². The van der Waals surface area contributed by atoms with Crippen LogP contribution >= 0.6 is 0 Å². The van der Waals surface area contributed by atoms with Gasteiger partial charge in [0.25, 0.3) is 0 Å². The number of nitrogens with zero attached hydrogens (tertiary/aromatic N) is 3. The number of carbonyl (C=O) groups is 2. The summed E-state index contributed by atoms with van der Waals surface area (Å²) in [7, 11) is 0. The molecule has 0 radical (unpaired) electrons. The molecule has 10 nitrogen and oxygen atoms in total. The predicted molar refractivity (Wildman–Crippen MR) is 123 cm³/mol. The summed E-state index contributed by atoms with van der Waals surface area (Å²) in [5, 5.41) is 31.9. The van der Waals surface area contributed by atoms with Crippen LogP contribution in [-0.2, 0) is 16.1 Å². The van der Waals surface area contributed by atoms with Gasteiger partial charge in [0, 0.05) is 37.0 Å². The smallest absolute Gasteiger partial charge is 0.315 e. The van der Waals surface area contributed by atoms with Crippen molar-refractivity contribution in [2.24, 2.45) is 17.8 Å². The fourth-order valence-electron chi connectivity index (χ4n) is 7.71. The number of anilines is 2. The first kappa shape index (κ1) is 20.5. The quantitative estimate of drug-likeness (QED) is 0.425. The van der Waals surface area contributed by atoms with Gasteiger partial charge in [-0.1, -0.05) is 0 Å². The molecular formula is C24H30N6O4. The van der Waals surface area contributed by atoms with Gasteiger partial charge in [0.1, 0.15) is 5.82 Å². The monoisotopic (exact) mass is 466 g/mol. The lowest BCUT2D eigenvalue weighted by Gasteiger charge is -2.58. The van der Waals surface area contributed by atoms with E-state index in [0.29, 0.717) is 43.1 Å². The second kappa shape index (κ2) is 7.08. The summed E-state index contributed by atoms with van der Waals surface area (Å²) in [4.78, 5) is 30.2. The summed E-state index contributed by atoms with van der Waals surface area (Å²) in [6.45, 7) is 1.05. The van der Waals surface area contributed by atoms with E-state index in [1.54, 1.807) is 0 Å². The number of aromatic nitrogens is 3. The third-order valence-corrected chi connectivity index (χ3v) is 8.80. The number of carbonyl (C=O) groups excluding carboxylic acids is 2. The fourth-order valence-corrected chi connectivity index (χ4v) is 7.71. The summed E-state index contributed by atoms with van der Waals surface area (Å²) in [5.74, 6) is 1.28. The SMILES string of the molecule is O=C(Nc1nn(C2[C@@H]3CC4C[C@H]2CC(O)(C4)C3)c2c1CNc1[nH]ccc1-2)C(=O)N1CCC(O)C1. The number of rotatable bonds is 2. The van der Waals surface area contributed by atoms with Crippen molar-refractivity contribution in [2.75, 3.05) is 23.7 Å². The highest BCUT2D eigenvalue weighted by Gasteiger charge is 2.56. The minimum absolute atomic E-state index is 0.168. The van der Waals surface area contributed by atoms with Crippen LogP contribution in [0.4, 0.5) is 11.6 Å². The largest absolute Gasteiger partial charge is 0.391 e. The van der Waals surface area contributed by atoms with Gasteiger partial charge in [-0.05, 0) is 62.3 Å². The molecule has 4 heterocycles. The number of aromatic amines is 1. The summed E-state index contributed by atoms with van der Waals surface area (Å²) < 4.78 is 2.10.